The molecule has 5 rings (SSSR count). The standard InChI is InChI=1S/C32H37N3O5S/c1-24-11-13-26(14-12-24)30(31(36)33-28-9-5-6-10-28)35(23-25-7-3-2-4-8-25)32(37)27-15-17-29(18-16-27)41(38,39)34-19-21-40-22-20-34/h2-4,7-8,11-18,28,30H,5-6,9-10,19-23H2,1H3,(H,33,36)/t30-/m0/s1. The Kier molecular flexibility index (Phi) is 9.17. The molecule has 0 unspecified atom stereocenters. The summed E-state index contributed by atoms with van der Waals surface area (Å²) < 4.78 is 33.0. The Morgan fingerprint density at radius 1 is 0.927 bits per heavy atom. The van der Waals surface area contributed by atoms with Gasteiger partial charge in [-0.2, -0.15) is 4.31 Å². The van der Waals surface area contributed by atoms with E-state index < -0.39 is 16.1 Å². The first-order valence-corrected chi connectivity index (χ1v) is 15.7. The highest BCUT2D eigenvalue weighted by Gasteiger charge is 2.34. The van der Waals surface area contributed by atoms with Gasteiger partial charge in [0.2, 0.25) is 15.9 Å². The molecule has 1 aliphatic heterocycles. The Morgan fingerprint density at radius 3 is 2.20 bits per heavy atom. The molecule has 2 aliphatic rings. The summed E-state index contributed by atoms with van der Waals surface area (Å²) in [5.74, 6) is -0.562. The van der Waals surface area contributed by atoms with Gasteiger partial charge in [0.05, 0.1) is 18.1 Å². The molecule has 2 fully saturated rings. The SMILES string of the molecule is Cc1ccc([C@@H](C(=O)NC2CCCC2)N(Cc2ccccc2)C(=O)c2ccc(S(=O)(=O)N3CCOCC3)cc2)cc1. The molecule has 2 amide bonds. The number of hydrogen-bond donors (Lipinski definition) is 1. The van der Waals surface area contributed by atoms with E-state index in [2.05, 4.69) is 5.32 Å². The first-order valence-electron chi connectivity index (χ1n) is 14.2. The zero-order valence-electron chi connectivity index (χ0n) is 23.4. The van der Waals surface area contributed by atoms with Crippen molar-refractivity contribution in [3.8, 4) is 0 Å². The summed E-state index contributed by atoms with van der Waals surface area (Å²) in [5, 5.41) is 3.20. The van der Waals surface area contributed by atoms with Gasteiger partial charge >= 0.3 is 0 Å². The molecule has 8 nitrogen and oxygen atoms in total. The first-order chi connectivity index (χ1) is 19.8. The molecule has 1 heterocycles. The Hall–Kier alpha value is -3.53. The monoisotopic (exact) mass is 575 g/mol. The van der Waals surface area contributed by atoms with E-state index in [1.165, 1.54) is 28.6 Å². The minimum Gasteiger partial charge on any atom is -0.379 e. The number of ether oxygens (including phenoxy) is 1. The van der Waals surface area contributed by atoms with Crippen LogP contribution in [0, 0.1) is 6.92 Å². The van der Waals surface area contributed by atoms with Crippen LogP contribution in [-0.4, -0.2) is 61.8 Å². The van der Waals surface area contributed by atoms with Crippen LogP contribution in [0.15, 0.2) is 83.8 Å². The van der Waals surface area contributed by atoms with Crippen molar-refractivity contribution in [2.75, 3.05) is 26.3 Å². The van der Waals surface area contributed by atoms with Crippen molar-refractivity contribution < 1.29 is 22.7 Å². The fourth-order valence-electron chi connectivity index (χ4n) is 5.50. The third-order valence-electron chi connectivity index (χ3n) is 7.82. The number of hydrogen-bond acceptors (Lipinski definition) is 5. The molecular formula is C32H37N3O5S. The van der Waals surface area contributed by atoms with E-state index >= 15 is 0 Å². The van der Waals surface area contributed by atoms with Gasteiger partial charge in [-0.1, -0.05) is 73.0 Å². The lowest BCUT2D eigenvalue weighted by Gasteiger charge is -2.32. The zero-order valence-corrected chi connectivity index (χ0v) is 24.2. The molecule has 1 saturated heterocycles. The summed E-state index contributed by atoms with van der Waals surface area (Å²) in [5.41, 5.74) is 2.98. The van der Waals surface area contributed by atoms with E-state index in [-0.39, 0.29) is 29.3 Å². The predicted molar refractivity (Wildman–Crippen MR) is 157 cm³/mol. The minimum atomic E-state index is -3.70. The van der Waals surface area contributed by atoms with Crippen LogP contribution in [0.4, 0.5) is 0 Å². The summed E-state index contributed by atoms with van der Waals surface area (Å²) in [4.78, 5) is 29.8. The maximum Gasteiger partial charge on any atom is 0.255 e. The minimum absolute atomic E-state index is 0.0915. The van der Waals surface area contributed by atoms with E-state index in [0.717, 1.165) is 42.4 Å². The van der Waals surface area contributed by atoms with Crippen molar-refractivity contribution in [3.05, 3.63) is 101 Å². The molecule has 0 radical (unpaired) electrons. The number of morpholine rings is 1. The van der Waals surface area contributed by atoms with Crippen LogP contribution in [0.25, 0.3) is 0 Å². The summed E-state index contributed by atoms with van der Waals surface area (Å²) in [7, 11) is -3.70. The Morgan fingerprint density at radius 2 is 1.56 bits per heavy atom. The number of benzene rings is 3. The average Bonchev–Trinajstić information content (AvgIpc) is 3.51. The number of amides is 2. The molecule has 0 bridgehead atoms. The molecule has 3 aromatic carbocycles. The van der Waals surface area contributed by atoms with Gasteiger partial charge in [0, 0.05) is 31.2 Å². The summed E-state index contributed by atoms with van der Waals surface area (Å²) in [6.45, 7) is 3.49. The lowest BCUT2D eigenvalue weighted by atomic mass is 10.00. The van der Waals surface area contributed by atoms with Crippen molar-refractivity contribution >= 4 is 21.8 Å². The van der Waals surface area contributed by atoms with Crippen molar-refractivity contribution in [1.82, 2.24) is 14.5 Å². The zero-order chi connectivity index (χ0) is 28.8. The van der Waals surface area contributed by atoms with Gasteiger partial charge in [-0.3, -0.25) is 9.59 Å². The average molecular weight is 576 g/mol. The Bertz CT molecular complexity index is 1430. The number of sulfonamides is 1. The maximum absolute atomic E-state index is 14.2. The molecule has 1 aliphatic carbocycles. The summed E-state index contributed by atoms with van der Waals surface area (Å²) in [6, 6.07) is 22.5. The molecule has 1 saturated carbocycles. The normalized spacial score (nSPS) is 17.2. The number of carbonyl (C=O) groups excluding carboxylic acids is 2. The second-order valence-electron chi connectivity index (χ2n) is 10.8. The number of nitrogens with one attached hydrogen (secondary N) is 1. The van der Waals surface area contributed by atoms with Crippen LogP contribution >= 0.6 is 0 Å². The van der Waals surface area contributed by atoms with Gasteiger partial charge in [-0.15, -0.1) is 0 Å². The third-order valence-corrected chi connectivity index (χ3v) is 9.73. The van der Waals surface area contributed by atoms with E-state index in [9.17, 15) is 18.0 Å². The maximum atomic E-state index is 14.2. The van der Waals surface area contributed by atoms with E-state index in [4.69, 9.17) is 4.74 Å². The van der Waals surface area contributed by atoms with Crippen LogP contribution < -0.4 is 5.32 Å². The van der Waals surface area contributed by atoms with Gasteiger partial charge in [0.1, 0.15) is 6.04 Å². The molecule has 0 spiro atoms. The fraction of sp³-hybridized carbons (Fsp3) is 0.375. The molecule has 216 valence electrons. The van der Waals surface area contributed by atoms with Gasteiger partial charge in [0.15, 0.2) is 0 Å². The number of nitrogens with zero attached hydrogens (tertiary/aromatic N) is 2. The van der Waals surface area contributed by atoms with Gasteiger partial charge in [0.25, 0.3) is 5.91 Å². The van der Waals surface area contributed by atoms with Gasteiger partial charge in [-0.05, 0) is 55.2 Å². The van der Waals surface area contributed by atoms with Gasteiger partial charge in [-0.25, -0.2) is 8.42 Å². The quantitative estimate of drug-likeness (QED) is 0.407. The fourth-order valence-corrected chi connectivity index (χ4v) is 6.91. The molecule has 41 heavy (non-hydrogen) atoms. The van der Waals surface area contributed by atoms with Crippen LogP contribution in [0.2, 0.25) is 0 Å². The van der Waals surface area contributed by atoms with Gasteiger partial charge < -0.3 is 15.0 Å². The Balaban J connectivity index is 1.49. The largest absolute Gasteiger partial charge is 0.379 e. The molecule has 9 heteroatoms. The molecule has 1 N–H and O–H groups in total. The van der Waals surface area contributed by atoms with Crippen LogP contribution in [0.5, 0.6) is 0 Å². The lowest BCUT2D eigenvalue weighted by molar-refractivity contribution is -0.126. The van der Waals surface area contributed by atoms with E-state index in [0.29, 0.717) is 31.9 Å². The van der Waals surface area contributed by atoms with Crippen molar-refractivity contribution in [2.24, 2.45) is 0 Å². The number of rotatable bonds is 9. The molecule has 3 aromatic rings. The molecule has 1 atom stereocenters. The summed E-state index contributed by atoms with van der Waals surface area (Å²) >= 11 is 0. The smallest absolute Gasteiger partial charge is 0.255 e. The molecular weight excluding hydrogens is 538 g/mol. The highest BCUT2D eigenvalue weighted by atomic mass is 32.2. The lowest BCUT2D eigenvalue weighted by Crippen LogP contribution is -2.46. The number of aryl methyl sites for hydroxylation is 1. The third kappa shape index (κ3) is 6.86. The second-order valence-corrected chi connectivity index (χ2v) is 12.7. The first kappa shape index (κ1) is 29.0. The number of carbonyl (C=O) groups is 2. The van der Waals surface area contributed by atoms with Crippen LogP contribution in [0.3, 0.4) is 0 Å². The summed E-state index contributed by atoms with van der Waals surface area (Å²) in [6.07, 6.45) is 4.01. The second kappa shape index (κ2) is 13.0. The highest BCUT2D eigenvalue weighted by molar-refractivity contribution is 7.89. The van der Waals surface area contributed by atoms with Crippen molar-refractivity contribution in [3.63, 3.8) is 0 Å². The Labute approximate surface area is 242 Å². The molecule has 0 aromatic heterocycles. The van der Waals surface area contributed by atoms with Crippen LogP contribution in [-0.2, 0) is 26.1 Å². The van der Waals surface area contributed by atoms with E-state index in [1.807, 2.05) is 61.5 Å². The predicted octanol–water partition coefficient (Wildman–Crippen LogP) is 4.46. The van der Waals surface area contributed by atoms with Crippen molar-refractivity contribution in [1.29, 1.82) is 0 Å². The van der Waals surface area contributed by atoms with Crippen molar-refractivity contribution in [2.45, 2.75) is 56.1 Å². The van der Waals surface area contributed by atoms with E-state index in [1.54, 1.807) is 4.90 Å². The highest BCUT2D eigenvalue weighted by Crippen LogP contribution is 2.28. The topological polar surface area (TPSA) is 96.0 Å². The van der Waals surface area contributed by atoms with Crippen LogP contribution in [0.1, 0.15) is 58.8 Å².